The highest BCUT2D eigenvalue weighted by Crippen LogP contribution is 2.30. The largest absolute Gasteiger partial charge is 0.493 e. The molecule has 3 rings (SSSR count). The first-order valence-electron chi connectivity index (χ1n) is 7.31. The van der Waals surface area contributed by atoms with E-state index >= 15 is 0 Å². The molecule has 1 aliphatic heterocycles. The maximum Gasteiger partial charge on any atom is 0.121 e. The third-order valence-corrected chi connectivity index (χ3v) is 4.41. The zero-order valence-corrected chi connectivity index (χ0v) is 11.2. The molecule has 0 saturated heterocycles. The molecule has 1 heterocycles. The molecule has 0 atom stereocenters. The van der Waals surface area contributed by atoms with E-state index < -0.39 is 0 Å². The Kier molecular flexibility index (Phi) is 3.44. The van der Waals surface area contributed by atoms with Crippen molar-refractivity contribution in [3.63, 3.8) is 0 Å². The summed E-state index contributed by atoms with van der Waals surface area (Å²) in [5.41, 5.74) is 2.69. The van der Waals surface area contributed by atoms with Crippen LogP contribution in [0.25, 0.3) is 0 Å². The second kappa shape index (κ2) is 5.21. The van der Waals surface area contributed by atoms with Crippen LogP contribution in [-0.2, 0) is 6.42 Å². The average molecular weight is 245 g/mol. The first kappa shape index (κ1) is 11.9. The molecule has 1 fully saturated rings. The Balaban J connectivity index is 1.54. The minimum absolute atomic E-state index is 0.766. The van der Waals surface area contributed by atoms with Gasteiger partial charge in [0.25, 0.3) is 0 Å². The minimum atomic E-state index is 0.766. The van der Waals surface area contributed by atoms with E-state index in [-0.39, 0.29) is 0 Å². The zero-order chi connectivity index (χ0) is 12.4. The molecule has 2 aliphatic rings. The Morgan fingerprint density at radius 1 is 1.22 bits per heavy atom. The van der Waals surface area contributed by atoms with Crippen molar-refractivity contribution in [2.45, 2.75) is 39.0 Å². The number of anilines is 1. The van der Waals surface area contributed by atoms with Gasteiger partial charge in [-0.25, -0.2) is 0 Å². The highest BCUT2D eigenvalue weighted by molar-refractivity contribution is 5.58. The summed E-state index contributed by atoms with van der Waals surface area (Å²) >= 11 is 0. The highest BCUT2D eigenvalue weighted by atomic mass is 16.5. The van der Waals surface area contributed by atoms with Crippen LogP contribution in [-0.4, -0.2) is 13.2 Å². The number of benzene rings is 1. The van der Waals surface area contributed by atoms with Gasteiger partial charge in [0.15, 0.2) is 0 Å². The molecule has 1 aliphatic carbocycles. The molecule has 0 amide bonds. The third kappa shape index (κ3) is 2.63. The molecule has 0 unspecified atom stereocenters. The van der Waals surface area contributed by atoms with Crippen LogP contribution in [0.1, 0.15) is 38.2 Å². The van der Waals surface area contributed by atoms with Crippen molar-refractivity contribution < 1.29 is 4.74 Å². The maximum atomic E-state index is 5.97. The van der Waals surface area contributed by atoms with Crippen LogP contribution in [0.15, 0.2) is 18.2 Å². The Morgan fingerprint density at radius 3 is 2.89 bits per heavy atom. The summed E-state index contributed by atoms with van der Waals surface area (Å²) in [5, 5.41) is 3.40. The van der Waals surface area contributed by atoms with Crippen molar-refractivity contribution in [2.75, 3.05) is 18.5 Å². The molecule has 1 aromatic carbocycles. The highest BCUT2D eigenvalue weighted by Gasteiger charge is 2.19. The number of ether oxygens (including phenoxy) is 1. The minimum Gasteiger partial charge on any atom is -0.493 e. The number of nitrogens with one attached hydrogen (secondary N) is 1. The monoisotopic (exact) mass is 245 g/mol. The molecule has 1 N–H and O–H groups in total. The number of hydrogen-bond donors (Lipinski definition) is 1. The van der Waals surface area contributed by atoms with E-state index in [0.29, 0.717) is 0 Å². The number of hydrogen-bond acceptors (Lipinski definition) is 2. The second-order valence-electron chi connectivity index (χ2n) is 5.93. The van der Waals surface area contributed by atoms with Gasteiger partial charge in [-0.2, -0.15) is 0 Å². The van der Waals surface area contributed by atoms with Crippen LogP contribution in [0.4, 0.5) is 5.69 Å². The molecule has 0 aromatic heterocycles. The summed E-state index contributed by atoms with van der Waals surface area (Å²) in [4.78, 5) is 0. The molecule has 0 bridgehead atoms. The van der Waals surface area contributed by atoms with Crippen molar-refractivity contribution >= 4 is 5.69 Å². The standard InChI is InChI=1S/C16H23NO/c1-12-2-4-13(5-3-12)11-18-15-7-6-14-8-9-17-16(14)10-15/h6-7,10,12-13,17H,2-5,8-9,11H2,1H3. The van der Waals surface area contributed by atoms with E-state index in [2.05, 4.69) is 30.4 Å². The summed E-state index contributed by atoms with van der Waals surface area (Å²) in [6.45, 7) is 4.33. The van der Waals surface area contributed by atoms with E-state index in [0.717, 1.165) is 37.2 Å². The smallest absolute Gasteiger partial charge is 0.121 e. The topological polar surface area (TPSA) is 21.3 Å². The van der Waals surface area contributed by atoms with E-state index in [1.165, 1.54) is 36.9 Å². The molecule has 2 nitrogen and oxygen atoms in total. The fourth-order valence-corrected chi connectivity index (χ4v) is 3.07. The summed E-state index contributed by atoms with van der Waals surface area (Å²) in [5.74, 6) is 2.72. The van der Waals surface area contributed by atoms with Crippen molar-refractivity contribution in [3.05, 3.63) is 23.8 Å². The van der Waals surface area contributed by atoms with E-state index in [1.54, 1.807) is 0 Å². The quantitative estimate of drug-likeness (QED) is 0.873. The Hall–Kier alpha value is -1.18. The third-order valence-electron chi connectivity index (χ3n) is 4.41. The fraction of sp³-hybridized carbons (Fsp3) is 0.625. The molecule has 0 spiro atoms. The van der Waals surface area contributed by atoms with Gasteiger partial charge in [0.1, 0.15) is 5.75 Å². The van der Waals surface area contributed by atoms with Crippen LogP contribution in [0.3, 0.4) is 0 Å². The van der Waals surface area contributed by atoms with Gasteiger partial charge in [0.05, 0.1) is 6.61 Å². The van der Waals surface area contributed by atoms with E-state index in [4.69, 9.17) is 4.74 Å². The predicted octanol–water partition coefficient (Wildman–Crippen LogP) is 3.86. The van der Waals surface area contributed by atoms with Gasteiger partial charge in [-0.15, -0.1) is 0 Å². The van der Waals surface area contributed by atoms with Crippen LogP contribution >= 0.6 is 0 Å². The van der Waals surface area contributed by atoms with Crippen LogP contribution in [0, 0.1) is 11.8 Å². The number of rotatable bonds is 3. The fourth-order valence-electron chi connectivity index (χ4n) is 3.07. The van der Waals surface area contributed by atoms with Crippen LogP contribution in [0.5, 0.6) is 5.75 Å². The molecule has 0 radical (unpaired) electrons. The predicted molar refractivity (Wildman–Crippen MR) is 75.3 cm³/mol. The second-order valence-corrected chi connectivity index (χ2v) is 5.93. The first-order valence-corrected chi connectivity index (χ1v) is 7.31. The lowest BCUT2D eigenvalue weighted by Gasteiger charge is -2.26. The van der Waals surface area contributed by atoms with Crippen LogP contribution < -0.4 is 10.1 Å². The molecule has 2 heteroatoms. The van der Waals surface area contributed by atoms with Gasteiger partial charge in [-0.05, 0) is 42.7 Å². The Bertz CT molecular complexity index is 408. The van der Waals surface area contributed by atoms with Crippen LogP contribution in [0.2, 0.25) is 0 Å². The summed E-state index contributed by atoms with van der Waals surface area (Å²) in [6.07, 6.45) is 6.57. The molecule has 98 valence electrons. The average Bonchev–Trinajstić information content (AvgIpc) is 2.85. The first-order chi connectivity index (χ1) is 8.81. The normalized spacial score (nSPS) is 26.5. The van der Waals surface area contributed by atoms with Crippen molar-refractivity contribution in [1.29, 1.82) is 0 Å². The summed E-state index contributed by atoms with van der Waals surface area (Å²) in [6, 6.07) is 6.48. The summed E-state index contributed by atoms with van der Waals surface area (Å²) < 4.78 is 5.97. The van der Waals surface area contributed by atoms with Gasteiger partial charge in [-0.1, -0.05) is 25.8 Å². The van der Waals surface area contributed by atoms with Gasteiger partial charge in [0, 0.05) is 18.3 Å². The maximum absolute atomic E-state index is 5.97. The lowest BCUT2D eigenvalue weighted by Crippen LogP contribution is -2.18. The number of fused-ring (bicyclic) bond motifs is 1. The van der Waals surface area contributed by atoms with Gasteiger partial charge in [0.2, 0.25) is 0 Å². The molecular weight excluding hydrogens is 222 g/mol. The van der Waals surface area contributed by atoms with E-state index in [1.807, 2.05) is 0 Å². The lowest BCUT2D eigenvalue weighted by molar-refractivity contribution is 0.188. The van der Waals surface area contributed by atoms with Crippen molar-refractivity contribution in [1.82, 2.24) is 0 Å². The molecular formula is C16H23NO. The molecule has 1 saturated carbocycles. The SMILES string of the molecule is CC1CCC(COc2ccc3c(c2)NCC3)CC1. The Labute approximate surface area is 110 Å². The lowest BCUT2D eigenvalue weighted by atomic mass is 9.83. The zero-order valence-electron chi connectivity index (χ0n) is 11.2. The van der Waals surface area contributed by atoms with Crippen molar-refractivity contribution in [2.24, 2.45) is 11.8 Å². The van der Waals surface area contributed by atoms with E-state index in [9.17, 15) is 0 Å². The Morgan fingerprint density at radius 2 is 2.06 bits per heavy atom. The molecule has 1 aromatic rings. The summed E-state index contributed by atoms with van der Waals surface area (Å²) in [7, 11) is 0. The van der Waals surface area contributed by atoms with Gasteiger partial charge in [-0.3, -0.25) is 0 Å². The van der Waals surface area contributed by atoms with Crippen molar-refractivity contribution in [3.8, 4) is 5.75 Å². The van der Waals surface area contributed by atoms with Gasteiger partial charge >= 0.3 is 0 Å². The van der Waals surface area contributed by atoms with Gasteiger partial charge < -0.3 is 10.1 Å². The molecule has 18 heavy (non-hydrogen) atoms.